The molecule has 1 aromatic carbocycles. The van der Waals surface area contributed by atoms with Crippen LogP contribution in [0.4, 0.5) is 23.1 Å². The van der Waals surface area contributed by atoms with Crippen molar-refractivity contribution in [2.24, 2.45) is 0 Å². The monoisotopic (exact) mass is 380 g/mol. The number of piperazine rings is 1. The number of hydrogen-bond acceptors (Lipinski definition) is 8. The second-order valence-corrected chi connectivity index (χ2v) is 6.92. The van der Waals surface area contributed by atoms with Crippen molar-refractivity contribution in [3.8, 4) is 11.8 Å². The van der Waals surface area contributed by atoms with Crippen LogP contribution in [0.5, 0.6) is 11.8 Å². The molecule has 4 rings (SSSR count). The molecule has 1 fully saturated rings. The van der Waals surface area contributed by atoms with E-state index in [4.69, 9.17) is 10.5 Å². The number of likely N-dealkylation sites (N-methyl/N-ethyl adjacent to an activating group) is 1. The van der Waals surface area contributed by atoms with Gasteiger partial charge in [0.25, 0.3) is 0 Å². The van der Waals surface area contributed by atoms with Gasteiger partial charge in [0, 0.05) is 55.8 Å². The molecule has 3 aromatic rings. The number of nitrogens with zero attached hydrogens (tertiary/aromatic N) is 5. The Bertz CT molecular complexity index is 949. The predicted octanol–water partition coefficient (Wildman–Crippen LogP) is 2.38. The van der Waals surface area contributed by atoms with E-state index in [1.54, 1.807) is 12.1 Å². The highest BCUT2D eigenvalue weighted by Crippen LogP contribution is 2.26. The summed E-state index contributed by atoms with van der Waals surface area (Å²) in [5, 5.41) is 10.3. The zero-order valence-electron chi connectivity index (χ0n) is 16.0. The van der Waals surface area contributed by atoms with Crippen LogP contribution in [0.3, 0.4) is 0 Å². The summed E-state index contributed by atoms with van der Waals surface area (Å²) in [7, 11) is 2.12. The highest BCUT2D eigenvalue weighted by Gasteiger charge is 2.18. The smallest absolute Gasteiger partial charge is 0.325 e. The third-order valence-electron chi connectivity index (χ3n) is 4.55. The van der Waals surface area contributed by atoms with Crippen molar-refractivity contribution in [2.45, 2.75) is 6.92 Å². The molecule has 0 spiro atoms. The van der Waals surface area contributed by atoms with Crippen LogP contribution in [0.15, 0.2) is 36.4 Å². The van der Waals surface area contributed by atoms with Crippen LogP contribution in [-0.4, -0.2) is 58.3 Å². The number of nitrogens with one attached hydrogen (secondary N) is 2. The van der Waals surface area contributed by atoms with Gasteiger partial charge < -0.3 is 25.6 Å². The summed E-state index contributed by atoms with van der Waals surface area (Å²) in [5.41, 5.74) is 7.44. The number of H-pyrrole nitrogens is 1. The summed E-state index contributed by atoms with van der Waals surface area (Å²) < 4.78 is 5.89. The van der Waals surface area contributed by atoms with E-state index in [0.717, 1.165) is 37.7 Å². The highest BCUT2D eigenvalue weighted by atomic mass is 16.5. The summed E-state index contributed by atoms with van der Waals surface area (Å²) in [6.07, 6.45) is 0. The van der Waals surface area contributed by atoms with Gasteiger partial charge in [-0.1, -0.05) is 6.07 Å². The Morgan fingerprint density at radius 3 is 2.61 bits per heavy atom. The van der Waals surface area contributed by atoms with Crippen LogP contribution in [0, 0.1) is 6.92 Å². The largest absolute Gasteiger partial charge is 0.424 e. The third-order valence-corrected chi connectivity index (χ3v) is 4.55. The van der Waals surface area contributed by atoms with Crippen molar-refractivity contribution < 1.29 is 4.74 Å². The lowest BCUT2D eigenvalue weighted by atomic mass is 10.3. The average Bonchev–Trinajstić information content (AvgIpc) is 3.07. The van der Waals surface area contributed by atoms with Gasteiger partial charge in [0.1, 0.15) is 17.4 Å². The minimum atomic E-state index is 0.261. The molecule has 3 heterocycles. The third kappa shape index (κ3) is 4.32. The summed E-state index contributed by atoms with van der Waals surface area (Å²) in [6, 6.07) is 11.3. The Labute approximate surface area is 163 Å². The molecule has 0 aliphatic carbocycles. The number of ether oxygens (including phenoxy) is 1. The van der Waals surface area contributed by atoms with E-state index in [1.807, 2.05) is 31.2 Å². The first-order chi connectivity index (χ1) is 13.5. The molecule has 1 saturated heterocycles. The molecule has 0 amide bonds. The van der Waals surface area contributed by atoms with Crippen molar-refractivity contribution >= 4 is 23.1 Å². The van der Waals surface area contributed by atoms with E-state index >= 15 is 0 Å². The fourth-order valence-electron chi connectivity index (χ4n) is 3.02. The Kier molecular flexibility index (Phi) is 4.98. The number of anilines is 4. The summed E-state index contributed by atoms with van der Waals surface area (Å²) >= 11 is 0. The van der Waals surface area contributed by atoms with Crippen LogP contribution in [-0.2, 0) is 0 Å². The van der Waals surface area contributed by atoms with Gasteiger partial charge in [-0.3, -0.25) is 5.10 Å². The van der Waals surface area contributed by atoms with Crippen LogP contribution >= 0.6 is 0 Å². The molecule has 0 radical (unpaired) electrons. The number of aromatic nitrogens is 4. The maximum absolute atomic E-state index is 5.89. The topological polar surface area (TPSA) is 108 Å². The number of benzene rings is 1. The van der Waals surface area contributed by atoms with E-state index < -0.39 is 0 Å². The van der Waals surface area contributed by atoms with E-state index in [2.05, 4.69) is 42.3 Å². The summed E-state index contributed by atoms with van der Waals surface area (Å²) in [5.74, 6) is 2.72. The van der Waals surface area contributed by atoms with E-state index in [0.29, 0.717) is 23.1 Å². The molecule has 9 heteroatoms. The Morgan fingerprint density at radius 2 is 1.89 bits per heavy atom. The lowest BCUT2D eigenvalue weighted by Crippen LogP contribution is -2.44. The molecule has 1 aliphatic rings. The first-order valence-corrected chi connectivity index (χ1v) is 9.20. The lowest BCUT2D eigenvalue weighted by Gasteiger charge is -2.33. The molecular weight excluding hydrogens is 356 g/mol. The van der Waals surface area contributed by atoms with Gasteiger partial charge in [-0.2, -0.15) is 15.1 Å². The Balaban J connectivity index is 1.63. The molecule has 146 valence electrons. The standard InChI is InChI=1S/C19H24N8O/c1-13-10-17(25-24-13)21-16-12-18(27-8-6-26(2)7-9-27)23-19(22-16)28-15-5-3-4-14(20)11-15/h3-5,10-12H,6-9,20H2,1-2H3,(H2,21,22,23,24,25). The molecule has 1 aliphatic heterocycles. The van der Waals surface area contributed by atoms with E-state index in [-0.39, 0.29) is 6.01 Å². The van der Waals surface area contributed by atoms with Crippen molar-refractivity contribution in [2.75, 3.05) is 49.2 Å². The van der Waals surface area contributed by atoms with Crippen molar-refractivity contribution in [3.63, 3.8) is 0 Å². The number of nitrogen functional groups attached to an aromatic ring is 1. The molecule has 28 heavy (non-hydrogen) atoms. The van der Waals surface area contributed by atoms with Crippen LogP contribution < -0.4 is 20.7 Å². The molecule has 0 unspecified atom stereocenters. The van der Waals surface area contributed by atoms with Gasteiger partial charge in [0.15, 0.2) is 5.82 Å². The quantitative estimate of drug-likeness (QED) is 0.579. The second-order valence-electron chi connectivity index (χ2n) is 6.92. The fourth-order valence-corrected chi connectivity index (χ4v) is 3.02. The van der Waals surface area contributed by atoms with Crippen molar-refractivity contribution in [1.29, 1.82) is 0 Å². The molecule has 0 atom stereocenters. The minimum absolute atomic E-state index is 0.261. The SMILES string of the molecule is Cc1cc(Nc2cc(N3CCN(C)CC3)nc(Oc3cccc(N)c3)n2)n[nH]1. The zero-order valence-corrected chi connectivity index (χ0v) is 16.0. The van der Waals surface area contributed by atoms with Gasteiger partial charge in [-0.05, 0) is 26.1 Å². The molecule has 0 bridgehead atoms. The molecule has 0 saturated carbocycles. The van der Waals surface area contributed by atoms with Gasteiger partial charge in [0.2, 0.25) is 0 Å². The summed E-state index contributed by atoms with van der Waals surface area (Å²) in [4.78, 5) is 13.6. The molecule has 2 aromatic heterocycles. The molecular formula is C19H24N8O. The second kappa shape index (κ2) is 7.73. The van der Waals surface area contributed by atoms with E-state index in [9.17, 15) is 0 Å². The fraction of sp³-hybridized carbons (Fsp3) is 0.316. The number of nitrogens with two attached hydrogens (primary N) is 1. The van der Waals surface area contributed by atoms with Crippen LogP contribution in [0.2, 0.25) is 0 Å². The number of rotatable bonds is 5. The molecule has 4 N–H and O–H groups in total. The van der Waals surface area contributed by atoms with Crippen LogP contribution in [0.25, 0.3) is 0 Å². The number of aromatic amines is 1. The zero-order chi connectivity index (χ0) is 19.5. The lowest BCUT2D eigenvalue weighted by molar-refractivity contribution is 0.311. The number of aryl methyl sites for hydroxylation is 1. The molecule has 9 nitrogen and oxygen atoms in total. The predicted molar refractivity (Wildman–Crippen MR) is 109 cm³/mol. The summed E-state index contributed by atoms with van der Waals surface area (Å²) in [6.45, 7) is 5.70. The van der Waals surface area contributed by atoms with E-state index in [1.165, 1.54) is 0 Å². The first-order valence-electron chi connectivity index (χ1n) is 9.20. The first kappa shape index (κ1) is 18.1. The van der Waals surface area contributed by atoms with Crippen molar-refractivity contribution in [1.82, 2.24) is 25.1 Å². The maximum Gasteiger partial charge on any atom is 0.325 e. The van der Waals surface area contributed by atoms with Gasteiger partial charge in [-0.15, -0.1) is 0 Å². The van der Waals surface area contributed by atoms with Crippen molar-refractivity contribution in [3.05, 3.63) is 42.1 Å². The normalized spacial score (nSPS) is 14.9. The Morgan fingerprint density at radius 1 is 1.07 bits per heavy atom. The van der Waals surface area contributed by atoms with Gasteiger partial charge in [-0.25, -0.2) is 0 Å². The minimum Gasteiger partial charge on any atom is -0.424 e. The van der Waals surface area contributed by atoms with Gasteiger partial charge >= 0.3 is 6.01 Å². The maximum atomic E-state index is 5.89. The highest BCUT2D eigenvalue weighted by molar-refractivity contribution is 5.58. The van der Waals surface area contributed by atoms with Crippen LogP contribution in [0.1, 0.15) is 5.69 Å². The number of hydrogen-bond donors (Lipinski definition) is 3. The Hall–Kier alpha value is -3.33. The average molecular weight is 380 g/mol. The van der Waals surface area contributed by atoms with Gasteiger partial charge in [0.05, 0.1) is 0 Å².